The number of hydrogen-bond acceptors (Lipinski definition) is 10. The smallest absolute Gasteiger partial charge is 0.329 e. The SMILES string of the molecule is Cc1c(OC(=O)[C@@H]2CCCN2)nc2cc(F)cc(F)c2c1Nc1cc(N2CCOCC2)ncc1-c1cncnc1. The largest absolute Gasteiger partial charge is 0.406 e. The molecule has 0 radical (unpaired) electrons. The molecule has 0 aliphatic carbocycles. The molecule has 0 unspecified atom stereocenters. The summed E-state index contributed by atoms with van der Waals surface area (Å²) in [6.07, 6.45) is 7.93. The Bertz CT molecular complexity index is 1560. The Morgan fingerprint density at radius 2 is 1.95 bits per heavy atom. The van der Waals surface area contributed by atoms with Crippen molar-refractivity contribution in [2.45, 2.75) is 25.8 Å². The molecule has 1 aromatic carbocycles. The van der Waals surface area contributed by atoms with Crippen LogP contribution in [0.5, 0.6) is 5.88 Å². The molecule has 4 aromatic rings. The standard InChI is InChI=1S/C28H27F2N7O3/c1-16-26(25-20(30)9-18(29)10-23(25)36-27(16)40-28(38)21-3-2-4-33-21)35-22-11-24(37-5-7-39-8-6-37)34-14-19(22)17-12-31-15-32-13-17/h9-15,21,33H,2-8H2,1H3,(H,34,35,36)/t21-/m0/s1. The molecule has 5 heterocycles. The van der Waals surface area contributed by atoms with Crippen LogP contribution in [0.25, 0.3) is 22.0 Å². The number of nitrogens with zero attached hydrogens (tertiary/aromatic N) is 5. The monoisotopic (exact) mass is 547 g/mol. The molecule has 0 spiro atoms. The fraction of sp³-hybridized carbons (Fsp3) is 0.321. The number of hydrogen-bond donors (Lipinski definition) is 2. The molecular formula is C28H27F2N7O3. The third kappa shape index (κ3) is 5.15. The predicted molar refractivity (Wildman–Crippen MR) is 145 cm³/mol. The van der Waals surface area contributed by atoms with Crippen molar-refractivity contribution >= 4 is 34.1 Å². The van der Waals surface area contributed by atoms with Crippen LogP contribution in [0.4, 0.5) is 26.0 Å². The van der Waals surface area contributed by atoms with E-state index in [1.807, 2.05) is 6.07 Å². The number of rotatable bonds is 6. The van der Waals surface area contributed by atoms with Gasteiger partial charge in [-0.05, 0) is 26.3 Å². The van der Waals surface area contributed by atoms with Crippen molar-refractivity contribution in [2.75, 3.05) is 43.1 Å². The molecular weight excluding hydrogens is 520 g/mol. The molecule has 10 nitrogen and oxygen atoms in total. The fourth-order valence-corrected chi connectivity index (χ4v) is 5.01. The summed E-state index contributed by atoms with van der Waals surface area (Å²) in [7, 11) is 0. The van der Waals surface area contributed by atoms with Gasteiger partial charge >= 0.3 is 5.97 Å². The van der Waals surface area contributed by atoms with Crippen molar-refractivity contribution in [1.82, 2.24) is 25.3 Å². The Morgan fingerprint density at radius 3 is 2.70 bits per heavy atom. The number of aromatic nitrogens is 4. The first-order valence-electron chi connectivity index (χ1n) is 13.1. The number of carbonyl (C=O) groups is 1. The highest BCUT2D eigenvalue weighted by Crippen LogP contribution is 2.39. The van der Waals surface area contributed by atoms with Crippen LogP contribution in [-0.2, 0) is 9.53 Å². The van der Waals surface area contributed by atoms with Crippen LogP contribution in [0.2, 0.25) is 0 Å². The van der Waals surface area contributed by atoms with Crippen LogP contribution in [0.1, 0.15) is 18.4 Å². The summed E-state index contributed by atoms with van der Waals surface area (Å²) in [6, 6.07) is 3.32. The summed E-state index contributed by atoms with van der Waals surface area (Å²) in [4.78, 5) is 32.2. The number of ether oxygens (including phenoxy) is 2. The third-order valence-corrected chi connectivity index (χ3v) is 7.10. The van der Waals surface area contributed by atoms with Gasteiger partial charge < -0.3 is 25.0 Å². The van der Waals surface area contributed by atoms with Crippen molar-refractivity contribution < 1.29 is 23.0 Å². The number of esters is 1. The van der Waals surface area contributed by atoms with E-state index < -0.39 is 23.6 Å². The topological polar surface area (TPSA) is 114 Å². The van der Waals surface area contributed by atoms with Crippen molar-refractivity contribution in [3.05, 3.63) is 60.3 Å². The molecule has 2 N–H and O–H groups in total. The van der Waals surface area contributed by atoms with Gasteiger partial charge in [-0.15, -0.1) is 0 Å². The number of fused-ring (bicyclic) bond motifs is 1. The van der Waals surface area contributed by atoms with Gasteiger partial charge in [-0.2, -0.15) is 0 Å². The molecule has 0 amide bonds. The zero-order chi connectivity index (χ0) is 27.6. The van der Waals surface area contributed by atoms with Crippen LogP contribution in [0, 0.1) is 18.6 Å². The molecule has 2 saturated heterocycles. The molecule has 12 heteroatoms. The molecule has 0 saturated carbocycles. The Balaban J connectivity index is 1.48. The van der Waals surface area contributed by atoms with E-state index in [4.69, 9.17) is 9.47 Å². The quantitative estimate of drug-likeness (QED) is 0.345. The molecule has 40 heavy (non-hydrogen) atoms. The maximum absolute atomic E-state index is 15.3. The lowest BCUT2D eigenvalue weighted by atomic mass is 10.1. The van der Waals surface area contributed by atoms with E-state index >= 15 is 4.39 Å². The van der Waals surface area contributed by atoms with E-state index in [1.165, 1.54) is 6.33 Å². The highest BCUT2D eigenvalue weighted by molar-refractivity contribution is 5.98. The van der Waals surface area contributed by atoms with Crippen LogP contribution in [0.15, 0.2) is 43.1 Å². The van der Waals surface area contributed by atoms with Gasteiger partial charge in [0, 0.05) is 66.6 Å². The van der Waals surface area contributed by atoms with Crippen molar-refractivity contribution in [3.63, 3.8) is 0 Å². The van der Waals surface area contributed by atoms with Gasteiger partial charge in [0.25, 0.3) is 0 Å². The van der Waals surface area contributed by atoms with Crippen molar-refractivity contribution in [1.29, 1.82) is 0 Å². The van der Waals surface area contributed by atoms with Gasteiger partial charge in [0.2, 0.25) is 5.88 Å². The predicted octanol–water partition coefficient (Wildman–Crippen LogP) is 3.91. The normalized spacial score (nSPS) is 17.3. The van der Waals surface area contributed by atoms with E-state index in [-0.39, 0.29) is 16.8 Å². The van der Waals surface area contributed by atoms with E-state index in [0.29, 0.717) is 73.2 Å². The summed E-state index contributed by atoms with van der Waals surface area (Å²) in [6.45, 7) is 4.88. The average Bonchev–Trinajstić information content (AvgIpc) is 3.51. The van der Waals surface area contributed by atoms with Gasteiger partial charge in [0.1, 0.15) is 29.8 Å². The van der Waals surface area contributed by atoms with E-state index in [2.05, 4.69) is 35.5 Å². The maximum atomic E-state index is 15.3. The van der Waals surface area contributed by atoms with E-state index in [1.54, 1.807) is 25.5 Å². The molecule has 6 rings (SSSR count). The van der Waals surface area contributed by atoms with Crippen LogP contribution >= 0.6 is 0 Å². The lowest BCUT2D eigenvalue weighted by Gasteiger charge is -2.28. The van der Waals surface area contributed by atoms with Gasteiger partial charge in [-0.1, -0.05) is 0 Å². The minimum Gasteiger partial charge on any atom is -0.406 e. The molecule has 0 bridgehead atoms. The fourth-order valence-electron chi connectivity index (χ4n) is 5.01. The van der Waals surface area contributed by atoms with Crippen molar-refractivity contribution in [2.24, 2.45) is 0 Å². The third-order valence-electron chi connectivity index (χ3n) is 7.10. The number of nitrogens with one attached hydrogen (secondary N) is 2. The Kier molecular flexibility index (Phi) is 7.18. The lowest BCUT2D eigenvalue weighted by molar-refractivity contribution is -0.136. The van der Waals surface area contributed by atoms with Gasteiger partial charge in [0.15, 0.2) is 0 Å². The first-order valence-corrected chi connectivity index (χ1v) is 13.1. The maximum Gasteiger partial charge on any atom is 0.329 e. The number of anilines is 3. The minimum atomic E-state index is -0.796. The van der Waals surface area contributed by atoms with Gasteiger partial charge in [-0.25, -0.2) is 33.5 Å². The minimum absolute atomic E-state index is 0.0137. The second kappa shape index (κ2) is 11.1. The summed E-state index contributed by atoms with van der Waals surface area (Å²) in [5, 5.41) is 6.51. The number of halogens is 2. The van der Waals surface area contributed by atoms with Crippen LogP contribution in [0.3, 0.4) is 0 Å². The highest BCUT2D eigenvalue weighted by atomic mass is 19.1. The Labute approximate surface area is 228 Å². The zero-order valence-corrected chi connectivity index (χ0v) is 21.8. The average molecular weight is 548 g/mol. The molecule has 3 aromatic heterocycles. The number of benzene rings is 1. The molecule has 2 aliphatic heterocycles. The summed E-state index contributed by atoms with van der Waals surface area (Å²) < 4.78 is 40.8. The number of carbonyl (C=O) groups excluding carboxylic acids is 1. The molecule has 2 aliphatic rings. The molecule has 206 valence electrons. The summed E-state index contributed by atoms with van der Waals surface area (Å²) in [5.41, 5.74) is 2.64. The lowest BCUT2D eigenvalue weighted by Crippen LogP contribution is -2.36. The first kappa shape index (κ1) is 26.0. The zero-order valence-electron chi connectivity index (χ0n) is 21.8. The first-order chi connectivity index (χ1) is 19.5. The highest BCUT2D eigenvalue weighted by Gasteiger charge is 2.27. The van der Waals surface area contributed by atoms with Crippen LogP contribution < -0.4 is 20.3 Å². The summed E-state index contributed by atoms with van der Waals surface area (Å²) in [5.74, 6) is -1.40. The molecule has 1 atom stereocenters. The number of morpholine rings is 1. The second-order valence-electron chi connectivity index (χ2n) is 9.71. The Morgan fingerprint density at radius 1 is 1.15 bits per heavy atom. The Hall–Kier alpha value is -4.29. The summed E-state index contributed by atoms with van der Waals surface area (Å²) >= 11 is 0. The van der Waals surface area contributed by atoms with E-state index in [0.717, 1.165) is 18.6 Å². The second-order valence-corrected chi connectivity index (χ2v) is 9.71. The number of pyridine rings is 2. The van der Waals surface area contributed by atoms with Crippen LogP contribution in [-0.4, -0.2) is 64.8 Å². The molecule has 2 fully saturated rings. The van der Waals surface area contributed by atoms with Gasteiger partial charge in [-0.3, -0.25) is 0 Å². The van der Waals surface area contributed by atoms with Gasteiger partial charge in [0.05, 0.1) is 35.5 Å². The van der Waals surface area contributed by atoms with Crippen molar-refractivity contribution in [3.8, 4) is 17.0 Å². The van der Waals surface area contributed by atoms with E-state index in [9.17, 15) is 9.18 Å².